The molecular weight excluding hydrogens is 420 g/mol. The summed E-state index contributed by atoms with van der Waals surface area (Å²) in [6.45, 7) is 1.66. The maximum atomic E-state index is 12.3. The lowest BCUT2D eigenvalue weighted by molar-refractivity contribution is -0.137. The van der Waals surface area contributed by atoms with E-state index in [2.05, 4.69) is 20.9 Å². The van der Waals surface area contributed by atoms with Crippen molar-refractivity contribution in [2.45, 2.75) is 38.5 Å². The van der Waals surface area contributed by atoms with Crippen LogP contribution in [-0.4, -0.2) is 35.9 Å². The van der Waals surface area contributed by atoms with Crippen LogP contribution in [0.1, 0.15) is 29.5 Å². The number of carbonyl (C=O) groups is 3. The summed E-state index contributed by atoms with van der Waals surface area (Å²) < 4.78 is 5.23. The van der Waals surface area contributed by atoms with Gasteiger partial charge in [-0.1, -0.05) is 29.8 Å². The molecule has 1 fully saturated rings. The van der Waals surface area contributed by atoms with E-state index < -0.39 is 0 Å². The molecule has 0 aliphatic carbocycles. The predicted molar refractivity (Wildman–Crippen MR) is 116 cm³/mol. The molecule has 0 saturated carbocycles. The van der Waals surface area contributed by atoms with Gasteiger partial charge in [0.25, 0.3) is 0 Å². The van der Waals surface area contributed by atoms with Gasteiger partial charge >= 0.3 is 6.03 Å². The molecule has 0 aromatic heterocycles. The first-order valence-electron chi connectivity index (χ1n) is 10.00. The summed E-state index contributed by atoms with van der Waals surface area (Å²) in [4.78, 5) is 38.0. The molecule has 0 bridgehead atoms. The number of urea groups is 1. The number of amides is 4. The topological polar surface area (TPSA) is 99.8 Å². The number of halogens is 1. The van der Waals surface area contributed by atoms with Crippen LogP contribution in [0.2, 0.25) is 5.02 Å². The van der Waals surface area contributed by atoms with Crippen molar-refractivity contribution in [3.05, 3.63) is 58.1 Å². The summed E-state index contributed by atoms with van der Waals surface area (Å²) in [5.41, 5.74) is 3.72. The highest BCUT2D eigenvalue weighted by molar-refractivity contribution is 6.31. The van der Waals surface area contributed by atoms with E-state index in [1.807, 2.05) is 18.2 Å². The Labute approximate surface area is 184 Å². The third-order valence-electron chi connectivity index (χ3n) is 5.53. The Morgan fingerprint density at radius 2 is 2.00 bits per heavy atom. The first-order valence-corrected chi connectivity index (χ1v) is 10.4. The van der Waals surface area contributed by atoms with Gasteiger partial charge in [0.2, 0.25) is 11.8 Å². The van der Waals surface area contributed by atoms with Crippen LogP contribution in [0.15, 0.2) is 36.4 Å². The number of hydrogen-bond donors (Lipinski definition) is 3. The minimum atomic E-state index is -0.369. The zero-order valence-electron chi connectivity index (χ0n) is 17.0. The lowest BCUT2D eigenvalue weighted by Crippen LogP contribution is -2.50. The van der Waals surface area contributed by atoms with Crippen molar-refractivity contribution in [3.63, 3.8) is 0 Å². The van der Waals surface area contributed by atoms with E-state index in [0.717, 1.165) is 16.7 Å². The quantitative estimate of drug-likeness (QED) is 0.618. The number of nitrogens with zero attached hydrogens (tertiary/aromatic N) is 1. The van der Waals surface area contributed by atoms with Crippen LogP contribution in [0.5, 0.6) is 5.75 Å². The van der Waals surface area contributed by atoms with Gasteiger partial charge in [-0.05, 0) is 41.3 Å². The minimum absolute atomic E-state index is 0.208. The SMILES string of the molecule is COc1ccc(Cl)cc1NC(=O)NCc1ccc2c(c1)CN(C1CCC(=O)NC1=O)C2. The maximum absolute atomic E-state index is 12.3. The number of nitrogens with one attached hydrogen (secondary N) is 3. The molecule has 162 valence electrons. The van der Waals surface area contributed by atoms with Crippen molar-refractivity contribution in [1.29, 1.82) is 0 Å². The van der Waals surface area contributed by atoms with Crippen LogP contribution in [0.25, 0.3) is 0 Å². The van der Waals surface area contributed by atoms with E-state index in [1.54, 1.807) is 18.2 Å². The smallest absolute Gasteiger partial charge is 0.319 e. The average molecular weight is 443 g/mol. The Morgan fingerprint density at radius 3 is 2.77 bits per heavy atom. The second-order valence-electron chi connectivity index (χ2n) is 7.63. The van der Waals surface area contributed by atoms with Gasteiger partial charge < -0.3 is 15.4 Å². The number of ether oxygens (including phenoxy) is 1. The number of carbonyl (C=O) groups excluding carboxylic acids is 3. The Kier molecular flexibility index (Phi) is 6.11. The van der Waals surface area contributed by atoms with Gasteiger partial charge in [-0.25, -0.2) is 4.79 Å². The van der Waals surface area contributed by atoms with E-state index >= 15 is 0 Å². The summed E-state index contributed by atoms with van der Waals surface area (Å²) in [5.74, 6) is 0.0877. The van der Waals surface area contributed by atoms with Crippen LogP contribution in [0.3, 0.4) is 0 Å². The molecule has 2 aliphatic heterocycles. The van der Waals surface area contributed by atoms with E-state index in [4.69, 9.17) is 16.3 Å². The molecule has 2 aromatic rings. The van der Waals surface area contributed by atoms with E-state index in [0.29, 0.717) is 48.9 Å². The van der Waals surface area contributed by atoms with Crippen LogP contribution >= 0.6 is 11.6 Å². The van der Waals surface area contributed by atoms with Crippen molar-refractivity contribution >= 4 is 35.1 Å². The molecule has 0 radical (unpaired) electrons. The molecule has 9 heteroatoms. The van der Waals surface area contributed by atoms with Crippen molar-refractivity contribution in [1.82, 2.24) is 15.5 Å². The third kappa shape index (κ3) is 4.81. The maximum Gasteiger partial charge on any atom is 0.319 e. The number of anilines is 1. The number of methoxy groups -OCH3 is 1. The summed E-state index contributed by atoms with van der Waals surface area (Å²) in [5, 5.41) is 8.49. The number of imide groups is 1. The summed E-state index contributed by atoms with van der Waals surface area (Å²) in [6.07, 6.45) is 0.908. The summed E-state index contributed by atoms with van der Waals surface area (Å²) >= 11 is 6.00. The highest BCUT2D eigenvalue weighted by atomic mass is 35.5. The molecule has 0 spiro atoms. The first-order chi connectivity index (χ1) is 14.9. The zero-order chi connectivity index (χ0) is 22.0. The lowest BCUT2D eigenvalue weighted by Gasteiger charge is -2.29. The van der Waals surface area contributed by atoms with Crippen molar-refractivity contribution < 1.29 is 19.1 Å². The average Bonchev–Trinajstić information content (AvgIpc) is 3.15. The van der Waals surface area contributed by atoms with E-state index in [1.165, 1.54) is 7.11 Å². The van der Waals surface area contributed by atoms with Gasteiger partial charge in [0.1, 0.15) is 5.75 Å². The Bertz CT molecular complexity index is 1040. The standard InChI is InChI=1S/C22H23ClN4O4/c1-31-19-6-4-16(23)9-17(19)25-22(30)24-10-13-2-3-14-11-27(12-15(14)8-13)18-5-7-20(28)26-21(18)29/h2-4,6,8-9,18H,5,7,10-12H2,1H3,(H2,24,25,30)(H,26,28,29). The van der Waals surface area contributed by atoms with Crippen molar-refractivity contribution in [3.8, 4) is 5.75 Å². The van der Waals surface area contributed by atoms with Crippen molar-refractivity contribution in [2.24, 2.45) is 0 Å². The molecule has 2 aromatic carbocycles. The molecular formula is C22H23ClN4O4. The van der Waals surface area contributed by atoms with Gasteiger partial charge in [-0.2, -0.15) is 0 Å². The van der Waals surface area contributed by atoms with Crippen LogP contribution in [-0.2, 0) is 29.2 Å². The lowest BCUT2D eigenvalue weighted by atomic mass is 10.0. The number of rotatable bonds is 5. The highest BCUT2D eigenvalue weighted by Gasteiger charge is 2.34. The fraction of sp³-hybridized carbons (Fsp3) is 0.318. The molecule has 8 nitrogen and oxygen atoms in total. The second-order valence-corrected chi connectivity index (χ2v) is 8.06. The van der Waals surface area contributed by atoms with Crippen molar-refractivity contribution in [2.75, 3.05) is 12.4 Å². The van der Waals surface area contributed by atoms with Gasteiger partial charge in [-0.15, -0.1) is 0 Å². The fourth-order valence-corrected chi connectivity index (χ4v) is 4.13. The number of fused-ring (bicyclic) bond motifs is 1. The fourth-order valence-electron chi connectivity index (χ4n) is 3.96. The molecule has 1 unspecified atom stereocenters. The molecule has 1 atom stereocenters. The summed E-state index contributed by atoms with van der Waals surface area (Å²) in [6, 6.07) is 10.4. The highest BCUT2D eigenvalue weighted by Crippen LogP contribution is 2.29. The number of benzene rings is 2. The van der Waals surface area contributed by atoms with E-state index in [9.17, 15) is 14.4 Å². The van der Waals surface area contributed by atoms with Gasteiger partial charge in [0, 0.05) is 31.1 Å². The van der Waals surface area contributed by atoms with Crippen LogP contribution in [0.4, 0.5) is 10.5 Å². The minimum Gasteiger partial charge on any atom is -0.495 e. The molecule has 1 saturated heterocycles. The van der Waals surface area contributed by atoms with Gasteiger partial charge in [-0.3, -0.25) is 19.8 Å². The van der Waals surface area contributed by atoms with Crippen LogP contribution in [0, 0.1) is 0 Å². The Hall–Kier alpha value is -3.10. The van der Waals surface area contributed by atoms with Crippen LogP contribution < -0.4 is 20.7 Å². The van der Waals surface area contributed by atoms with Gasteiger partial charge in [0.05, 0.1) is 18.8 Å². The normalized spacial score (nSPS) is 18.3. The molecule has 2 heterocycles. The Balaban J connectivity index is 1.35. The monoisotopic (exact) mass is 442 g/mol. The predicted octanol–water partition coefficient (Wildman–Crippen LogP) is 2.79. The number of hydrogen-bond acceptors (Lipinski definition) is 5. The second kappa shape index (κ2) is 8.95. The third-order valence-corrected chi connectivity index (χ3v) is 5.77. The van der Waals surface area contributed by atoms with E-state index in [-0.39, 0.29) is 23.9 Å². The molecule has 4 rings (SSSR count). The molecule has 3 N–H and O–H groups in total. The molecule has 4 amide bonds. The first kappa shape index (κ1) is 21.1. The molecule has 2 aliphatic rings. The largest absolute Gasteiger partial charge is 0.495 e. The zero-order valence-corrected chi connectivity index (χ0v) is 17.8. The molecule has 31 heavy (non-hydrogen) atoms. The van der Waals surface area contributed by atoms with Gasteiger partial charge in [0.15, 0.2) is 0 Å². The Morgan fingerprint density at radius 1 is 1.19 bits per heavy atom. The summed E-state index contributed by atoms with van der Waals surface area (Å²) in [7, 11) is 1.52. The number of piperidine rings is 1.